The Bertz CT molecular complexity index is 505. The highest BCUT2D eigenvalue weighted by Crippen LogP contribution is 2.50. The van der Waals surface area contributed by atoms with Crippen molar-refractivity contribution in [1.29, 1.82) is 0 Å². The lowest BCUT2D eigenvalue weighted by atomic mass is 10.1. The lowest BCUT2D eigenvalue weighted by molar-refractivity contribution is -0.109. The summed E-state index contributed by atoms with van der Waals surface area (Å²) in [6.45, 7) is 3.47. The molecule has 3 unspecified atom stereocenters. The second-order valence-corrected chi connectivity index (χ2v) is 7.21. The third-order valence-corrected chi connectivity index (χ3v) is 5.10. The third-order valence-electron chi connectivity index (χ3n) is 4.26. The first-order valence-electron chi connectivity index (χ1n) is 7.67. The van der Waals surface area contributed by atoms with E-state index in [4.69, 9.17) is 4.74 Å². The van der Waals surface area contributed by atoms with E-state index in [-0.39, 0.29) is 5.12 Å². The van der Waals surface area contributed by atoms with Crippen LogP contribution in [0.5, 0.6) is 5.75 Å². The van der Waals surface area contributed by atoms with Crippen molar-refractivity contribution in [2.45, 2.75) is 38.1 Å². The molecule has 0 spiro atoms. The van der Waals surface area contributed by atoms with Crippen LogP contribution in [0.1, 0.15) is 37.7 Å². The summed E-state index contributed by atoms with van der Waals surface area (Å²) in [7, 11) is 0. The number of pyridine rings is 1. The van der Waals surface area contributed by atoms with Gasteiger partial charge < -0.3 is 10.1 Å². The van der Waals surface area contributed by atoms with Crippen LogP contribution in [-0.4, -0.2) is 35.0 Å². The molecule has 0 aromatic carbocycles. The van der Waals surface area contributed by atoms with E-state index < -0.39 is 0 Å². The van der Waals surface area contributed by atoms with Crippen LogP contribution in [0.25, 0.3) is 0 Å². The van der Waals surface area contributed by atoms with Crippen LogP contribution in [-0.2, 0) is 4.79 Å². The van der Waals surface area contributed by atoms with E-state index in [0.29, 0.717) is 17.9 Å². The van der Waals surface area contributed by atoms with Gasteiger partial charge in [-0.25, -0.2) is 0 Å². The van der Waals surface area contributed by atoms with Gasteiger partial charge in [0.2, 0.25) is 0 Å². The highest BCUT2D eigenvalue weighted by Gasteiger charge is 2.38. The Morgan fingerprint density at radius 1 is 1.52 bits per heavy atom. The second-order valence-electron chi connectivity index (χ2n) is 5.94. The highest BCUT2D eigenvalue weighted by atomic mass is 32.2. The van der Waals surface area contributed by atoms with Gasteiger partial charge in [-0.3, -0.25) is 9.78 Å². The van der Waals surface area contributed by atoms with Crippen LogP contribution in [0.2, 0.25) is 0 Å². The van der Waals surface area contributed by atoms with Crippen molar-refractivity contribution in [3.05, 3.63) is 24.0 Å². The van der Waals surface area contributed by atoms with Crippen LogP contribution in [0, 0.1) is 5.92 Å². The average molecular weight is 306 g/mol. The van der Waals surface area contributed by atoms with Gasteiger partial charge in [0.05, 0.1) is 6.20 Å². The first kappa shape index (κ1) is 14.9. The van der Waals surface area contributed by atoms with Gasteiger partial charge >= 0.3 is 0 Å². The predicted molar refractivity (Wildman–Crippen MR) is 84.7 cm³/mol. The second kappa shape index (κ2) is 6.79. The Kier molecular flexibility index (Phi) is 4.80. The maximum Gasteiger partial charge on any atom is 0.185 e. The first-order chi connectivity index (χ1) is 10.2. The largest absolute Gasteiger partial charge is 0.490 e. The van der Waals surface area contributed by atoms with Crippen LogP contribution in [0.15, 0.2) is 18.5 Å². The molecule has 1 aromatic heterocycles. The van der Waals surface area contributed by atoms with Crippen LogP contribution in [0.3, 0.4) is 0 Å². The van der Waals surface area contributed by atoms with Crippen molar-refractivity contribution in [2.75, 3.05) is 18.9 Å². The number of ether oxygens (including phenoxy) is 1. The summed E-state index contributed by atoms with van der Waals surface area (Å²) in [5.74, 6) is 3.13. The summed E-state index contributed by atoms with van der Waals surface area (Å²) in [6, 6.07) is 2.64. The topological polar surface area (TPSA) is 51.2 Å². The minimum Gasteiger partial charge on any atom is -0.490 e. The number of hydrogen-bond acceptors (Lipinski definition) is 5. The molecular formula is C16H22N2O2S. The maximum absolute atomic E-state index is 10.9. The number of rotatable bonds is 7. The van der Waals surface area contributed by atoms with Gasteiger partial charge in [-0.15, -0.1) is 0 Å². The fourth-order valence-corrected chi connectivity index (χ4v) is 3.44. The number of nitrogens with one attached hydrogen (secondary N) is 1. The standard InChI is InChI=1S/C16H22N2O2S/c1-11(19)21-5-3-12-7-16(12)13-6-15(9-17-8-13)20-10-14-2-4-18-14/h6,8-9,12,14,16,18H,2-5,7,10H2,1H3. The molecule has 114 valence electrons. The van der Waals surface area contributed by atoms with E-state index >= 15 is 0 Å². The molecule has 0 bridgehead atoms. The smallest absolute Gasteiger partial charge is 0.185 e. The number of thioether (sulfide) groups is 1. The van der Waals surface area contributed by atoms with Gasteiger partial charge in [0.15, 0.2) is 5.12 Å². The van der Waals surface area contributed by atoms with E-state index in [0.717, 1.165) is 31.1 Å². The van der Waals surface area contributed by atoms with Crippen molar-refractivity contribution in [3.63, 3.8) is 0 Å². The molecule has 2 heterocycles. The number of carbonyl (C=O) groups is 1. The Hall–Kier alpha value is -1.07. The summed E-state index contributed by atoms with van der Waals surface area (Å²) in [6.07, 6.45) is 7.29. The minimum absolute atomic E-state index is 0.217. The summed E-state index contributed by atoms with van der Waals surface area (Å²) < 4.78 is 5.80. The fraction of sp³-hybridized carbons (Fsp3) is 0.625. The van der Waals surface area contributed by atoms with E-state index in [9.17, 15) is 4.79 Å². The Morgan fingerprint density at radius 3 is 3.10 bits per heavy atom. The summed E-state index contributed by atoms with van der Waals surface area (Å²) in [5.41, 5.74) is 1.28. The summed E-state index contributed by atoms with van der Waals surface area (Å²) in [5, 5.41) is 3.55. The quantitative estimate of drug-likeness (QED) is 0.839. The molecule has 0 radical (unpaired) electrons. The molecule has 0 amide bonds. The van der Waals surface area contributed by atoms with Gasteiger partial charge in [0.1, 0.15) is 12.4 Å². The molecular weight excluding hydrogens is 284 g/mol. The van der Waals surface area contributed by atoms with Crippen molar-refractivity contribution < 1.29 is 9.53 Å². The number of aromatic nitrogens is 1. The van der Waals surface area contributed by atoms with Crippen LogP contribution in [0.4, 0.5) is 0 Å². The average Bonchev–Trinajstić information content (AvgIpc) is 3.16. The lowest BCUT2D eigenvalue weighted by Crippen LogP contribution is -2.46. The molecule has 1 saturated heterocycles. The number of carbonyl (C=O) groups excluding carboxylic acids is 1. The van der Waals surface area contributed by atoms with Crippen molar-refractivity contribution in [2.24, 2.45) is 5.92 Å². The molecule has 2 fully saturated rings. The van der Waals surface area contributed by atoms with Gasteiger partial charge in [-0.1, -0.05) is 11.8 Å². The Morgan fingerprint density at radius 2 is 2.38 bits per heavy atom. The molecule has 1 aliphatic carbocycles. The zero-order chi connectivity index (χ0) is 14.7. The minimum atomic E-state index is 0.217. The van der Waals surface area contributed by atoms with Crippen molar-refractivity contribution in [1.82, 2.24) is 10.3 Å². The van der Waals surface area contributed by atoms with Crippen LogP contribution < -0.4 is 10.1 Å². The molecule has 5 heteroatoms. The third kappa shape index (κ3) is 4.20. The van der Waals surface area contributed by atoms with E-state index in [2.05, 4.69) is 16.4 Å². The molecule has 21 heavy (non-hydrogen) atoms. The summed E-state index contributed by atoms with van der Waals surface area (Å²) in [4.78, 5) is 15.2. The zero-order valence-electron chi connectivity index (χ0n) is 12.4. The monoisotopic (exact) mass is 306 g/mol. The van der Waals surface area contributed by atoms with E-state index in [1.165, 1.54) is 30.2 Å². The molecule has 2 aliphatic rings. The van der Waals surface area contributed by atoms with E-state index in [1.807, 2.05) is 6.20 Å². The Balaban J connectivity index is 1.46. The van der Waals surface area contributed by atoms with E-state index in [1.54, 1.807) is 13.1 Å². The lowest BCUT2D eigenvalue weighted by Gasteiger charge is -2.27. The zero-order valence-corrected chi connectivity index (χ0v) is 13.2. The Labute approximate surface area is 130 Å². The van der Waals surface area contributed by atoms with Crippen molar-refractivity contribution in [3.8, 4) is 5.75 Å². The first-order valence-corrected chi connectivity index (χ1v) is 8.65. The molecule has 3 atom stereocenters. The van der Waals surface area contributed by atoms with Gasteiger partial charge in [0.25, 0.3) is 0 Å². The molecule has 1 saturated carbocycles. The van der Waals surface area contributed by atoms with Gasteiger partial charge in [-0.2, -0.15) is 0 Å². The number of nitrogens with zero attached hydrogens (tertiary/aromatic N) is 1. The number of hydrogen-bond donors (Lipinski definition) is 1. The molecule has 1 N–H and O–H groups in total. The highest BCUT2D eigenvalue weighted by molar-refractivity contribution is 8.13. The normalized spacial score (nSPS) is 27.0. The van der Waals surface area contributed by atoms with Gasteiger partial charge in [0, 0.05) is 24.9 Å². The molecule has 1 aromatic rings. The molecule has 3 rings (SSSR count). The molecule has 1 aliphatic heterocycles. The maximum atomic E-state index is 10.9. The van der Waals surface area contributed by atoms with Gasteiger partial charge in [-0.05, 0) is 49.3 Å². The predicted octanol–water partition coefficient (Wildman–Crippen LogP) is 2.60. The molecule has 4 nitrogen and oxygen atoms in total. The van der Waals surface area contributed by atoms with Crippen LogP contribution >= 0.6 is 11.8 Å². The summed E-state index contributed by atoms with van der Waals surface area (Å²) >= 11 is 1.43. The fourth-order valence-electron chi connectivity index (χ4n) is 2.73. The van der Waals surface area contributed by atoms with Crippen molar-refractivity contribution >= 4 is 16.9 Å². The SMILES string of the molecule is CC(=O)SCCC1CC1c1cncc(OCC2CCN2)c1.